The summed E-state index contributed by atoms with van der Waals surface area (Å²) in [5, 5.41) is 10.2. The molecule has 1 aliphatic carbocycles. The molecule has 1 aromatic heterocycles. The molecule has 124 valence electrons. The summed E-state index contributed by atoms with van der Waals surface area (Å²) in [6.45, 7) is 5.48. The van der Waals surface area contributed by atoms with Gasteiger partial charge in [0, 0.05) is 44.5 Å². The highest BCUT2D eigenvalue weighted by Crippen LogP contribution is 2.28. The topological polar surface area (TPSA) is 52.6 Å². The Morgan fingerprint density at radius 2 is 2.18 bits per heavy atom. The molecule has 1 aliphatic heterocycles. The second-order valence-electron chi connectivity index (χ2n) is 6.03. The van der Waals surface area contributed by atoms with Gasteiger partial charge in [0.05, 0.1) is 5.69 Å². The number of hydrogen-bond donors (Lipinski definition) is 2. The zero-order valence-corrected chi connectivity index (χ0v) is 16.5. The first-order valence-corrected chi connectivity index (χ1v) is 8.81. The Labute approximate surface area is 154 Å². The molecule has 2 N–H and O–H groups in total. The van der Waals surface area contributed by atoms with E-state index in [4.69, 9.17) is 4.98 Å². The molecule has 0 aromatic carbocycles. The van der Waals surface area contributed by atoms with Gasteiger partial charge >= 0.3 is 0 Å². The van der Waals surface area contributed by atoms with Crippen molar-refractivity contribution in [2.45, 2.75) is 38.6 Å². The van der Waals surface area contributed by atoms with Gasteiger partial charge in [-0.05, 0) is 25.2 Å². The third-order valence-electron chi connectivity index (χ3n) is 4.24. The van der Waals surface area contributed by atoms with Crippen molar-refractivity contribution in [2.24, 2.45) is 10.9 Å². The number of aliphatic imine (C=N–C) groups is 1. The van der Waals surface area contributed by atoms with E-state index >= 15 is 0 Å². The SMILES string of the molecule is CN=C(NCCc1csc(N2CCCC2)n1)NC1CC1C.I. The summed E-state index contributed by atoms with van der Waals surface area (Å²) in [7, 11) is 1.83. The van der Waals surface area contributed by atoms with Crippen molar-refractivity contribution in [2.75, 3.05) is 31.6 Å². The van der Waals surface area contributed by atoms with E-state index in [-0.39, 0.29) is 24.0 Å². The van der Waals surface area contributed by atoms with Crippen molar-refractivity contribution in [1.29, 1.82) is 0 Å². The van der Waals surface area contributed by atoms with Gasteiger partial charge in [-0.25, -0.2) is 4.98 Å². The third kappa shape index (κ3) is 4.71. The summed E-state index contributed by atoms with van der Waals surface area (Å²) in [6, 6.07) is 0.609. The number of guanidine groups is 1. The Hall–Kier alpha value is -0.570. The molecule has 3 rings (SSSR count). The maximum Gasteiger partial charge on any atom is 0.191 e. The molecule has 2 aliphatic rings. The van der Waals surface area contributed by atoms with Crippen LogP contribution in [-0.2, 0) is 6.42 Å². The van der Waals surface area contributed by atoms with Gasteiger partial charge in [-0.1, -0.05) is 6.92 Å². The van der Waals surface area contributed by atoms with Crippen molar-refractivity contribution in [3.8, 4) is 0 Å². The van der Waals surface area contributed by atoms with Crippen LogP contribution in [0.15, 0.2) is 10.4 Å². The Morgan fingerprint density at radius 3 is 2.82 bits per heavy atom. The average molecular weight is 435 g/mol. The van der Waals surface area contributed by atoms with E-state index < -0.39 is 0 Å². The van der Waals surface area contributed by atoms with E-state index in [0.29, 0.717) is 6.04 Å². The van der Waals surface area contributed by atoms with E-state index in [2.05, 4.69) is 32.8 Å². The lowest BCUT2D eigenvalue weighted by Gasteiger charge is -2.12. The highest BCUT2D eigenvalue weighted by molar-refractivity contribution is 14.0. The van der Waals surface area contributed by atoms with E-state index in [9.17, 15) is 0 Å². The predicted octanol–water partition coefficient (Wildman–Crippen LogP) is 2.48. The summed E-state index contributed by atoms with van der Waals surface area (Å²) in [6.07, 6.45) is 4.81. The minimum atomic E-state index is 0. The molecule has 1 aromatic rings. The van der Waals surface area contributed by atoms with Gasteiger partial charge < -0.3 is 15.5 Å². The van der Waals surface area contributed by atoms with Crippen LogP contribution in [0.2, 0.25) is 0 Å². The quantitative estimate of drug-likeness (QED) is 0.424. The van der Waals surface area contributed by atoms with Gasteiger partial charge in [-0.3, -0.25) is 4.99 Å². The second-order valence-corrected chi connectivity index (χ2v) is 6.86. The van der Waals surface area contributed by atoms with Crippen LogP contribution in [0.25, 0.3) is 0 Å². The fourth-order valence-corrected chi connectivity index (χ4v) is 3.58. The van der Waals surface area contributed by atoms with Crippen molar-refractivity contribution in [3.05, 3.63) is 11.1 Å². The van der Waals surface area contributed by atoms with Gasteiger partial charge in [-0.15, -0.1) is 35.3 Å². The average Bonchev–Trinajstić information content (AvgIpc) is 2.95. The number of thiazole rings is 1. The second kappa shape index (κ2) is 8.33. The summed E-state index contributed by atoms with van der Waals surface area (Å²) in [4.78, 5) is 11.4. The minimum Gasteiger partial charge on any atom is -0.356 e. The molecule has 0 spiro atoms. The Balaban J connectivity index is 0.00000176. The largest absolute Gasteiger partial charge is 0.356 e. The lowest BCUT2D eigenvalue weighted by atomic mass is 10.3. The van der Waals surface area contributed by atoms with Crippen LogP contribution in [0.1, 0.15) is 31.9 Å². The molecule has 1 saturated heterocycles. The first-order chi connectivity index (χ1) is 10.3. The number of anilines is 1. The predicted molar refractivity (Wildman–Crippen MR) is 105 cm³/mol. The number of aromatic nitrogens is 1. The highest BCUT2D eigenvalue weighted by Gasteiger charge is 2.33. The first kappa shape index (κ1) is 17.8. The minimum absolute atomic E-state index is 0. The standard InChI is InChI=1S/C15H25N5S.HI/c1-11-9-13(11)19-14(16-2)17-6-5-12-10-21-15(18-12)20-7-3-4-8-20;/h10-11,13H,3-9H2,1-2H3,(H2,16,17,19);1H. The molecular weight excluding hydrogens is 409 g/mol. The van der Waals surface area contributed by atoms with Crippen molar-refractivity contribution < 1.29 is 0 Å². The van der Waals surface area contributed by atoms with Gasteiger partial charge in [0.1, 0.15) is 0 Å². The lowest BCUT2D eigenvalue weighted by Crippen LogP contribution is -2.39. The van der Waals surface area contributed by atoms with Crippen LogP contribution in [0.3, 0.4) is 0 Å². The van der Waals surface area contributed by atoms with Crippen LogP contribution in [0.5, 0.6) is 0 Å². The zero-order chi connectivity index (χ0) is 14.7. The molecule has 0 amide bonds. The number of halogens is 1. The van der Waals surface area contributed by atoms with Crippen molar-refractivity contribution in [1.82, 2.24) is 15.6 Å². The van der Waals surface area contributed by atoms with E-state index in [1.54, 1.807) is 11.3 Å². The molecule has 2 unspecified atom stereocenters. The van der Waals surface area contributed by atoms with Crippen LogP contribution in [0.4, 0.5) is 5.13 Å². The zero-order valence-electron chi connectivity index (χ0n) is 13.3. The number of nitrogens with zero attached hydrogens (tertiary/aromatic N) is 3. The maximum atomic E-state index is 4.74. The fraction of sp³-hybridized carbons (Fsp3) is 0.733. The summed E-state index contributed by atoms with van der Waals surface area (Å²) < 4.78 is 0. The molecule has 2 heterocycles. The maximum absolute atomic E-state index is 4.74. The molecular formula is C15H26IN5S. The highest BCUT2D eigenvalue weighted by atomic mass is 127. The van der Waals surface area contributed by atoms with Crippen molar-refractivity contribution in [3.63, 3.8) is 0 Å². The van der Waals surface area contributed by atoms with E-state index in [1.165, 1.54) is 43.2 Å². The first-order valence-electron chi connectivity index (χ1n) is 7.93. The van der Waals surface area contributed by atoms with E-state index in [1.807, 2.05) is 7.05 Å². The van der Waals surface area contributed by atoms with Crippen LogP contribution in [0, 0.1) is 5.92 Å². The van der Waals surface area contributed by atoms with Crippen LogP contribution < -0.4 is 15.5 Å². The monoisotopic (exact) mass is 435 g/mol. The fourth-order valence-electron chi connectivity index (χ4n) is 2.67. The molecule has 0 bridgehead atoms. The molecule has 22 heavy (non-hydrogen) atoms. The van der Waals surface area contributed by atoms with Crippen LogP contribution >= 0.6 is 35.3 Å². The lowest BCUT2D eigenvalue weighted by molar-refractivity contribution is 0.754. The van der Waals surface area contributed by atoms with Gasteiger partial charge in [-0.2, -0.15) is 0 Å². The van der Waals surface area contributed by atoms with E-state index in [0.717, 1.165) is 24.8 Å². The molecule has 0 radical (unpaired) electrons. The van der Waals surface area contributed by atoms with Crippen LogP contribution in [-0.4, -0.2) is 43.7 Å². The number of rotatable bonds is 5. The number of hydrogen-bond acceptors (Lipinski definition) is 4. The normalized spacial score (nSPS) is 24.1. The molecule has 1 saturated carbocycles. The number of nitrogens with one attached hydrogen (secondary N) is 2. The molecule has 5 nitrogen and oxygen atoms in total. The molecule has 7 heteroatoms. The van der Waals surface area contributed by atoms with Gasteiger partial charge in [0.15, 0.2) is 11.1 Å². The van der Waals surface area contributed by atoms with Gasteiger partial charge in [0.25, 0.3) is 0 Å². The summed E-state index contributed by atoms with van der Waals surface area (Å²) in [5.74, 6) is 1.70. The summed E-state index contributed by atoms with van der Waals surface area (Å²) in [5.41, 5.74) is 1.18. The molecule has 2 atom stereocenters. The van der Waals surface area contributed by atoms with Gasteiger partial charge in [0.2, 0.25) is 0 Å². The summed E-state index contributed by atoms with van der Waals surface area (Å²) >= 11 is 1.77. The Kier molecular flexibility index (Phi) is 6.73. The third-order valence-corrected chi connectivity index (χ3v) is 5.20. The molecule has 2 fully saturated rings. The smallest absolute Gasteiger partial charge is 0.191 e. The van der Waals surface area contributed by atoms with Crippen molar-refractivity contribution >= 4 is 46.4 Å². The Morgan fingerprint density at radius 1 is 1.45 bits per heavy atom. The Bertz CT molecular complexity index is 498.